The Morgan fingerprint density at radius 3 is 2.28 bits per heavy atom. The summed E-state index contributed by atoms with van der Waals surface area (Å²) in [7, 11) is 1.73. The maximum Gasteiger partial charge on any atom is 0.237 e. The molecule has 0 saturated carbocycles. The van der Waals surface area contributed by atoms with Gasteiger partial charge in [-0.25, -0.2) is 4.39 Å². The van der Waals surface area contributed by atoms with Crippen molar-refractivity contribution in [2.45, 2.75) is 24.3 Å². The predicted molar refractivity (Wildman–Crippen MR) is 111 cm³/mol. The Balaban J connectivity index is 1.66. The highest BCUT2D eigenvalue weighted by Crippen LogP contribution is 2.27. The van der Waals surface area contributed by atoms with Crippen molar-refractivity contribution in [2.24, 2.45) is 7.05 Å². The van der Waals surface area contributed by atoms with Crippen LogP contribution in [0.25, 0.3) is 11.4 Å². The van der Waals surface area contributed by atoms with Crippen molar-refractivity contribution in [3.8, 4) is 11.4 Å². The molecule has 2 N–H and O–H groups in total. The Morgan fingerprint density at radius 2 is 1.66 bits per heavy atom. The van der Waals surface area contributed by atoms with Gasteiger partial charge in [0.15, 0.2) is 11.0 Å². The molecule has 0 fully saturated rings. The number of carbonyl (C=O) groups is 2. The number of aromatic nitrogens is 3. The molecule has 3 rings (SSSR count). The molecule has 7 nitrogen and oxygen atoms in total. The summed E-state index contributed by atoms with van der Waals surface area (Å²) in [6.07, 6.45) is 0. The molecule has 0 aliphatic rings. The van der Waals surface area contributed by atoms with Crippen LogP contribution in [0.15, 0.2) is 53.7 Å². The fraction of sp³-hybridized carbons (Fsp3) is 0.200. The van der Waals surface area contributed by atoms with Crippen molar-refractivity contribution < 1.29 is 14.0 Å². The molecule has 1 aromatic heterocycles. The maximum absolute atomic E-state index is 14.0. The fourth-order valence-corrected chi connectivity index (χ4v) is 3.41. The summed E-state index contributed by atoms with van der Waals surface area (Å²) < 4.78 is 15.7. The van der Waals surface area contributed by atoms with Gasteiger partial charge in [-0.1, -0.05) is 23.9 Å². The van der Waals surface area contributed by atoms with Gasteiger partial charge in [-0.2, -0.15) is 0 Å². The van der Waals surface area contributed by atoms with Crippen LogP contribution in [0.2, 0.25) is 0 Å². The van der Waals surface area contributed by atoms with E-state index in [1.165, 1.54) is 24.8 Å². The lowest BCUT2D eigenvalue weighted by Gasteiger charge is -2.12. The van der Waals surface area contributed by atoms with Gasteiger partial charge < -0.3 is 15.2 Å². The van der Waals surface area contributed by atoms with E-state index >= 15 is 0 Å². The molecule has 1 heterocycles. The number of thioether (sulfide) groups is 1. The molecule has 3 aromatic rings. The van der Waals surface area contributed by atoms with Crippen molar-refractivity contribution in [3.63, 3.8) is 0 Å². The molecule has 0 saturated heterocycles. The van der Waals surface area contributed by atoms with Crippen LogP contribution in [0.4, 0.5) is 15.8 Å². The van der Waals surface area contributed by atoms with Crippen molar-refractivity contribution in [3.05, 3.63) is 54.3 Å². The topological polar surface area (TPSA) is 88.9 Å². The fourth-order valence-electron chi connectivity index (χ4n) is 2.59. The number of hydrogen-bond acceptors (Lipinski definition) is 5. The molecular weight excluding hydrogens is 393 g/mol. The Labute approximate surface area is 171 Å². The number of carbonyl (C=O) groups excluding carboxylic acids is 2. The molecule has 0 radical (unpaired) electrons. The molecule has 0 spiro atoms. The van der Waals surface area contributed by atoms with Gasteiger partial charge in [-0.3, -0.25) is 9.59 Å². The van der Waals surface area contributed by atoms with Crippen LogP contribution in [-0.4, -0.2) is 31.8 Å². The zero-order valence-electron chi connectivity index (χ0n) is 16.1. The number of hydrogen-bond donors (Lipinski definition) is 2. The second-order valence-electron chi connectivity index (χ2n) is 6.35. The second kappa shape index (κ2) is 8.87. The number of nitrogens with zero attached hydrogens (tertiary/aromatic N) is 3. The van der Waals surface area contributed by atoms with E-state index in [0.29, 0.717) is 27.9 Å². The largest absolute Gasteiger partial charge is 0.326 e. The third-order valence-corrected chi connectivity index (χ3v) is 5.21. The Bertz CT molecular complexity index is 1040. The lowest BCUT2D eigenvalue weighted by Crippen LogP contribution is -2.22. The van der Waals surface area contributed by atoms with Crippen LogP contribution in [0, 0.1) is 5.82 Å². The van der Waals surface area contributed by atoms with E-state index in [2.05, 4.69) is 20.8 Å². The van der Waals surface area contributed by atoms with Gasteiger partial charge in [0.2, 0.25) is 11.8 Å². The van der Waals surface area contributed by atoms with E-state index in [0.717, 1.165) is 0 Å². The zero-order valence-corrected chi connectivity index (χ0v) is 17.0. The van der Waals surface area contributed by atoms with Crippen molar-refractivity contribution >= 4 is 35.0 Å². The van der Waals surface area contributed by atoms with Crippen LogP contribution in [-0.2, 0) is 16.6 Å². The summed E-state index contributed by atoms with van der Waals surface area (Å²) in [5, 5.41) is 13.7. The van der Waals surface area contributed by atoms with Crippen molar-refractivity contribution in [1.29, 1.82) is 0 Å². The van der Waals surface area contributed by atoms with Crippen LogP contribution < -0.4 is 10.6 Å². The van der Waals surface area contributed by atoms with Crippen molar-refractivity contribution in [1.82, 2.24) is 14.8 Å². The number of halogens is 1. The van der Waals surface area contributed by atoms with E-state index in [4.69, 9.17) is 0 Å². The monoisotopic (exact) mass is 413 g/mol. The number of benzene rings is 2. The first-order valence-corrected chi connectivity index (χ1v) is 9.72. The molecule has 0 bridgehead atoms. The summed E-state index contributed by atoms with van der Waals surface area (Å²) >= 11 is 1.23. The van der Waals surface area contributed by atoms with Crippen molar-refractivity contribution in [2.75, 3.05) is 10.6 Å². The molecule has 2 aromatic carbocycles. The normalized spacial score (nSPS) is 11.7. The predicted octanol–water partition coefficient (Wildman–Crippen LogP) is 3.70. The van der Waals surface area contributed by atoms with Gasteiger partial charge >= 0.3 is 0 Å². The standard InChI is InChI=1S/C20H20FN5O2S/c1-12(19(28)23-15-10-8-14(9-11-15)22-13(2)27)29-20-25-24-18(26(20)3)16-6-4-5-7-17(16)21/h4-12H,1-3H3,(H,22,27)(H,23,28)/t12-/m1/s1. The van der Waals surface area contributed by atoms with Gasteiger partial charge in [-0.05, 0) is 43.3 Å². The molecule has 0 unspecified atom stereocenters. The lowest BCUT2D eigenvalue weighted by molar-refractivity contribution is -0.115. The SMILES string of the molecule is CC(=O)Nc1ccc(NC(=O)[C@@H](C)Sc2nnc(-c3ccccc3F)n2C)cc1. The Kier molecular flexibility index (Phi) is 6.28. The van der Waals surface area contributed by atoms with Crippen LogP contribution in [0.3, 0.4) is 0 Å². The van der Waals surface area contributed by atoms with E-state index < -0.39 is 5.25 Å². The smallest absolute Gasteiger partial charge is 0.237 e. The summed E-state index contributed by atoms with van der Waals surface area (Å²) in [4.78, 5) is 23.6. The first-order chi connectivity index (χ1) is 13.8. The summed E-state index contributed by atoms with van der Waals surface area (Å²) in [5.74, 6) is -0.359. The minimum absolute atomic E-state index is 0.162. The first kappa shape index (κ1) is 20.5. The zero-order chi connectivity index (χ0) is 21.0. The summed E-state index contributed by atoms with van der Waals surface area (Å²) in [5.41, 5.74) is 1.62. The van der Waals surface area contributed by atoms with E-state index in [-0.39, 0.29) is 17.6 Å². The minimum Gasteiger partial charge on any atom is -0.326 e. The first-order valence-electron chi connectivity index (χ1n) is 8.84. The highest BCUT2D eigenvalue weighted by atomic mass is 32.2. The number of rotatable bonds is 6. The molecule has 0 aliphatic carbocycles. The van der Waals surface area contributed by atoms with Crippen LogP contribution >= 0.6 is 11.8 Å². The Morgan fingerprint density at radius 1 is 1.03 bits per heavy atom. The molecule has 9 heteroatoms. The summed E-state index contributed by atoms with van der Waals surface area (Å²) in [6.45, 7) is 3.18. The van der Waals surface area contributed by atoms with Crippen LogP contribution in [0.1, 0.15) is 13.8 Å². The van der Waals surface area contributed by atoms with E-state index in [9.17, 15) is 14.0 Å². The number of nitrogens with one attached hydrogen (secondary N) is 2. The lowest BCUT2D eigenvalue weighted by atomic mass is 10.2. The number of amides is 2. The molecule has 2 amide bonds. The molecule has 1 atom stereocenters. The highest BCUT2D eigenvalue weighted by molar-refractivity contribution is 8.00. The third-order valence-electron chi connectivity index (χ3n) is 4.07. The van der Waals surface area contributed by atoms with Gasteiger partial charge in [0.05, 0.1) is 10.8 Å². The number of anilines is 2. The van der Waals surface area contributed by atoms with Gasteiger partial charge in [0.25, 0.3) is 0 Å². The second-order valence-corrected chi connectivity index (χ2v) is 7.66. The van der Waals surface area contributed by atoms with Crippen LogP contribution in [0.5, 0.6) is 0 Å². The molecule has 29 heavy (non-hydrogen) atoms. The maximum atomic E-state index is 14.0. The third kappa shape index (κ3) is 5.00. The van der Waals surface area contributed by atoms with Gasteiger partial charge in [-0.15, -0.1) is 10.2 Å². The quantitative estimate of drug-likeness (QED) is 0.602. The van der Waals surface area contributed by atoms with E-state index in [1.807, 2.05) is 0 Å². The van der Waals surface area contributed by atoms with Gasteiger partial charge in [0, 0.05) is 25.3 Å². The average Bonchev–Trinajstić information content (AvgIpc) is 3.03. The Hall–Kier alpha value is -3.20. The van der Waals surface area contributed by atoms with Gasteiger partial charge in [0.1, 0.15) is 5.82 Å². The molecule has 150 valence electrons. The average molecular weight is 413 g/mol. The highest BCUT2D eigenvalue weighted by Gasteiger charge is 2.20. The van der Waals surface area contributed by atoms with E-state index in [1.54, 1.807) is 61.0 Å². The molecular formula is C20H20FN5O2S. The summed E-state index contributed by atoms with van der Waals surface area (Å²) in [6, 6.07) is 13.2. The molecule has 0 aliphatic heterocycles. The minimum atomic E-state index is -0.457.